The second-order valence-corrected chi connectivity index (χ2v) is 6.53. The summed E-state index contributed by atoms with van der Waals surface area (Å²) in [5, 5.41) is 11.3. The molecule has 1 rings (SSSR count). The highest BCUT2D eigenvalue weighted by Crippen LogP contribution is 2.35. The van der Waals surface area contributed by atoms with Crippen molar-refractivity contribution in [2.45, 2.75) is 40.2 Å². The maximum atomic E-state index is 10.2. The monoisotopic (exact) mass is 274 g/mol. The van der Waals surface area contributed by atoms with Crippen LogP contribution in [0.3, 0.4) is 0 Å². The van der Waals surface area contributed by atoms with E-state index in [-0.39, 0.29) is 5.41 Å². The first-order valence-electron chi connectivity index (χ1n) is 5.85. The van der Waals surface area contributed by atoms with E-state index in [4.69, 9.17) is 23.2 Å². The number of benzene rings is 1. The zero-order valence-corrected chi connectivity index (χ0v) is 12.3. The lowest BCUT2D eigenvalue weighted by Crippen LogP contribution is -2.19. The molecule has 3 heteroatoms. The van der Waals surface area contributed by atoms with E-state index in [0.29, 0.717) is 22.4 Å². The van der Waals surface area contributed by atoms with Crippen LogP contribution < -0.4 is 0 Å². The predicted molar refractivity (Wildman–Crippen MR) is 74.7 cm³/mol. The van der Waals surface area contributed by atoms with Gasteiger partial charge in [-0.05, 0) is 35.4 Å². The summed E-state index contributed by atoms with van der Waals surface area (Å²) in [6.07, 6.45) is 0.166. The molecule has 0 heterocycles. The van der Waals surface area contributed by atoms with Gasteiger partial charge >= 0.3 is 0 Å². The lowest BCUT2D eigenvalue weighted by Gasteiger charge is -2.29. The summed E-state index contributed by atoms with van der Waals surface area (Å²) in [7, 11) is 0. The van der Waals surface area contributed by atoms with E-state index in [1.165, 1.54) is 0 Å². The molecule has 2 unspecified atom stereocenters. The third-order valence-electron chi connectivity index (χ3n) is 3.38. The van der Waals surface area contributed by atoms with Crippen LogP contribution in [0.1, 0.15) is 45.8 Å². The molecule has 0 fully saturated rings. The van der Waals surface area contributed by atoms with Gasteiger partial charge < -0.3 is 5.11 Å². The molecular formula is C14H20Cl2O. The van der Waals surface area contributed by atoms with Crippen LogP contribution in [0.2, 0.25) is 10.0 Å². The van der Waals surface area contributed by atoms with Crippen molar-refractivity contribution in [2.75, 3.05) is 0 Å². The van der Waals surface area contributed by atoms with Gasteiger partial charge in [0.1, 0.15) is 0 Å². The van der Waals surface area contributed by atoms with Gasteiger partial charge in [0.2, 0.25) is 0 Å². The van der Waals surface area contributed by atoms with E-state index in [0.717, 1.165) is 5.56 Å². The van der Waals surface area contributed by atoms with Crippen LogP contribution >= 0.6 is 23.2 Å². The number of aliphatic hydroxyl groups is 1. The molecule has 0 aliphatic rings. The normalized spacial score (nSPS) is 15.7. The molecule has 0 aromatic heterocycles. The van der Waals surface area contributed by atoms with Crippen LogP contribution in [0.25, 0.3) is 0 Å². The Bertz CT molecular complexity index is 382. The van der Waals surface area contributed by atoms with E-state index in [9.17, 15) is 5.11 Å². The van der Waals surface area contributed by atoms with Gasteiger partial charge in [-0.3, -0.25) is 0 Å². The van der Waals surface area contributed by atoms with Gasteiger partial charge in [-0.15, -0.1) is 0 Å². The van der Waals surface area contributed by atoms with Crippen molar-refractivity contribution >= 4 is 23.2 Å². The average Bonchev–Trinajstić information content (AvgIpc) is 2.15. The summed E-state index contributed by atoms with van der Waals surface area (Å²) in [6.45, 7) is 8.67. The molecule has 0 saturated heterocycles. The molecule has 96 valence electrons. The van der Waals surface area contributed by atoms with Crippen molar-refractivity contribution in [1.82, 2.24) is 0 Å². The maximum Gasteiger partial charge on any atom is 0.0807 e. The third kappa shape index (κ3) is 4.17. The molecule has 1 N–H and O–H groups in total. The van der Waals surface area contributed by atoms with Gasteiger partial charge in [0.25, 0.3) is 0 Å². The highest BCUT2D eigenvalue weighted by atomic mass is 35.5. The number of hydrogen-bond acceptors (Lipinski definition) is 1. The summed E-state index contributed by atoms with van der Waals surface area (Å²) in [4.78, 5) is 0. The Balaban J connectivity index is 2.80. The molecule has 17 heavy (non-hydrogen) atoms. The highest BCUT2D eigenvalue weighted by molar-refractivity contribution is 6.35. The van der Waals surface area contributed by atoms with Crippen molar-refractivity contribution in [3.05, 3.63) is 33.8 Å². The molecule has 0 spiro atoms. The molecule has 0 aliphatic carbocycles. The fourth-order valence-electron chi connectivity index (χ4n) is 1.59. The second kappa shape index (κ2) is 5.60. The minimum atomic E-state index is -0.533. The summed E-state index contributed by atoms with van der Waals surface area (Å²) >= 11 is 11.9. The summed E-state index contributed by atoms with van der Waals surface area (Å²) in [6, 6.07) is 5.22. The topological polar surface area (TPSA) is 20.2 Å². The van der Waals surface area contributed by atoms with Gasteiger partial charge in [-0.25, -0.2) is 0 Å². The number of hydrogen-bond donors (Lipinski definition) is 1. The molecular weight excluding hydrogens is 255 g/mol. The molecule has 0 aliphatic heterocycles. The van der Waals surface area contributed by atoms with Crippen LogP contribution in [-0.2, 0) is 0 Å². The van der Waals surface area contributed by atoms with Crippen molar-refractivity contribution in [3.8, 4) is 0 Å². The van der Waals surface area contributed by atoms with Crippen LogP contribution in [0, 0.1) is 11.3 Å². The Labute approximate surface area is 114 Å². The minimum absolute atomic E-state index is 0.180. The molecule has 0 bridgehead atoms. The second-order valence-electron chi connectivity index (χ2n) is 5.68. The Hall–Kier alpha value is -0.240. The smallest absolute Gasteiger partial charge is 0.0807 e. The van der Waals surface area contributed by atoms with E-state index < -0.39 is 6.10 Å². The van der Waals surface area contributed by atoms with Crippen molar-refractivity contribution in [2.24, 2.45) is 11.3 Å². The fourth-order valence-corrected chi connectivity index (χ4v) is 2.12. The van der Waals surface area contributed by atoms with Crippen molar-refractivity contribution in [1.29, 1.82) is 0 Å². The summed E-state index contributed by atoms with van der Waals surface area (Å²) < 4.78 is 0. The van der Waals surface area contributed by atoms with Crippen molar-refractivity contribution < 1.29 is 5.11 Å². The van der Waals surface area contributed by atoms with E-state index >= 15 is 0 Å². The van der Waals surface area contributed by atoms with Crippen LogP contribution in [0.15, 0.2) is 18.2 Å². The SMILES string of the molecule is CC(CC(O)c1ccc(Cl)cc1Cl)C(C)(C)C. The van der Waals surface area contributed by atoms with Crippen LogP contribution in [-0.4, -0.2) is 5.11 Å². The summed E-state index contributed by atoms with van der Waals surface area (Å²) in [5.41, 5.74) is 0.937. The van der Waals surface area contributed by atoms with Gasteiger partial charge in [0, 0.05) is 10.0 Å². The Kier molecular flexibility index (Phi) is 4.88. The van der Waals surface area contributed by atoms with Gasteiger partial charge in [0.05, 0.1) is 6.10 Å². The van der Waals surface area contributed by atoms with Gasteiger partial charge in [-0.1, -0.05) is 57.0 Å². The first-order chi connectivity index (χ1) is 7.71. The quantitative estimate of drug-likeness (QED) is 0.813. The maximum absolute atomic E-state index is 10.2. The zero-order chi connectivity index (χ0) is 13.2. The van der Waals surface area contributed by atoms with Crippen LogP contribution in [0.5, 0.6) is 0 Å². The molecule has 1 aromatic carbocycles. The first kappa shape index (κ1) is 14.8. The first-order valence-corrected chi connectivity index (χ1v) is 6.60. The lowest BCUT2D eigenvalue weighted by atomic mass is 9.78. The Morgan fingerprint density at radius 2 is 1.82 bits per heavy atom. The fraction of sp³-hybridized carbons (Fsp3) is 0.571. The lowest BCUT2D eigenvalue weighted by molar-refractivity contribution is 0.111. The zero-order valence-electron chi connectivity index (χ0n) is 10.8. The average molecular weight is 275 g/mol. The minimum Gasteiger partial charge on any atom is -0.388 e. The Morgan fingerprint density at radius 3 is 2.29 bits per heavy atom. The largest absolute Gasteiger partial charge is 0.388 e. The number of halogens is 2. The van der Waals surface area contributed by atoms with Crippen LogP contribution in [0.4, 0.5) is 0 Å². The molecule has 1 aromatic rings. The summed E-state index contributed by atoms with van der Waals surface area (Å²) in [5.74, 6) is 0.407. The molecule has 2 atom stereocenters. The van der Waals surface area contributed by atoms with Crippen molar-refractivity contribution in [3.63, 3.8) is 0 Å². The highest BCUT2D eigenvalue weighted by Gasteiger charge is 2.24. The number of rotatable bonds is 3. The molecule has 0 amide bonds. The van der Waals surface area contributed by atoms with E-state index in [1.54, 1.807) is 18.2 Å². The Morgan fingerprint density at radius 1 is 1.24 bits per heavy atom. The van der Waals surface area contributed by atoms with Gasteiger partial charge in [0.15, 0.2) is 0 Å². The predicted octanol–water partition coefficient (Wildman–Crippen LogP) is 5.10. The molecule has 1 nitrogen and oxygen atoms in total. The molecule has 0 saturated carbocycles. The van der Waals surface area contributed by atoms with E-state index in [2.05, 4.69) is 27.7 Å². The van der Waals surface area contributed by atoms with E-state index in [1.807, 2.05) is 0 Å². The standard InChI is InChI=1S/C14H20Cl2O/c1-9(14(2,3)4)7-13(17)11-6-5-10(15)8-12(11)16/h5-6,8-9,13,17H,7H2,1-4H3. The third-order valence-corrected chi connectivity index (χ3v) is 3.94. The van der Waals surface area contributed by atoms with Gasteiger partial charge in [-0.2, -0.15) is 0 Å². The molecule has 0 radical (unpaired) electrons. The number of aliphatic hydroxyl groups excluding tert-OH is 1.